The Hall–Kier alpha value is -2.37. The molecule has 0 aliphatic carbocycles. The van der Waals surface area contributed by atoms with Gasteiger partial charge in [0.1, 0.15) is 0 Å². The molecular formula is C11H13N5O. The molecular weight excluding hydrogens is 218 g/mol. The molecule has 4 N–H and O–H groups in total. The van der Waals surface area contributed by atoms with Gasteiger partial charge in [0, 0.05) is 6.20 Å². The van der Waals surface area contributed by atoms with Crippen molar-refractivity contribution in [2.45, 2.75) is 13.8 Å². The molecule has 88 valence electrons. The van der Waals surface area contributed by atoms with Crippen LogP contribution in [0.4, 0.5) is 11.4 Å². The number of pyridine rings is 1. The fraction of sp³-hybridized carbons (Fsp3) is 0.182. The standard InChI is InChI=1S/C11H13N5O/c1-6-8(4-3-5-13-6)14-11(17)10-9(12)7(2)15-16-10/h3-5H,12H2,1-2H3,(H,14,17)(H,15,16). The van der Waals surface area contributed by atoms with E-state index in [4.69, 9.17) is 5.73 Å². The van der Waals surface area contributed by atoms with Crippen molar-refractivity contribution in [1.29, 1.82) is 0 Å². The normalized spacial score (nSPS) is 10.2. The van der Waals surface area contributed by atoms with E-state index in [1.54, 1.807) is 25.3 Å². The molecule has 2 heterocycles. The highest BCUT2D eigenvalue weighted by atomic mass is 16.2. The number of H-pyrrole nitrogens is 1. The van der Waals surface area contributed by atoms with Gasteiger partial charge in [-0.1, -0.05) is 0 Å². The Bertz CT molecular complexity index is 561. The summed E-state index contributed by atoms with van der Waals surface area (Å²) < 4.78 is 0. The fourth-order valence-corrected chi connectivity index (χ4v) is 1.41. The van der Waals surface area contributed by atoms with Crippen LogP contribution in [-0.2, 0) is 0 Å². The molecule has 0 bridgehead atoms. The molecule has 6 heteroatoms. The van der Waals surface area contributed by atoms with E-state index in [0.717, 1.165) is 5.69 Å². The minimum absolute atomic E-state index is 0.200. The van der Waals surface area contributed by atoms with E-state index < -0.39 is 0 Å². The first-order valence-corrected chi connectivity index (χ1v) is 5.13. The molecule has 0 aliphatic heterocycles. The Labute approximate surface area is 98.3 Å². The summed E-state index contributed by atoms with van der Waals surface area (Å²) in [5.41, 5.74) is 8.36. The third-order valence-corrected chi connectivity index (χ3v) is 2.46. The van der Waals surface area contributed by atoms with Crippen LogP contribution in [0.1, 0.15) is 21.9 Å². The van der Waals surface area contributed by atoms with Gasteiger partial charge >= 0.3 is 0 Å². The second kappa shape index (κ2) is 4.25. The molecule has 0 saturated heterocycles. The third-order valence-electron chi connectivity index (χ3n) is 2.46. The number of aryl methyl sites for hydroxylation is 2. The molecule has 0 atom stereocenters. The predicted octanol–water partition coefficient (Wildman–Crippen LogP) is 1.26. The number of aromatic nitrogens is 3. The number of anilines is 2. The van der Waals surface area contributed by atoms with Crippen LogP contribution < -0.4 is 11.1 Å². The van der Waals surface area contributed by atoms with Crippen molar-refractivity contribution in [2.75, 3.05) is 11.1 Å². The topological polar surface area (TPSA) is 96.7 Å². The maximum Gasteiger partial charge on any atom is 0.278 e. The monoisotopic (exact) mass is 231 g/mol. The van der Waals surface area contributed by atoms with Crippen LogP contribution in [0.25, 0.3) is 0 Å². The van der Waals surface area contributed by atoms with Crippen LogP contribution >= 0.6 is 0 Å². The van der Waals surface area contributed by atoms with Crippen molar-refractivity contribution in [1.82, 2.24) is 15.2 Å². The van der Waals surface area contributed by atoms with E-state index >= 15 is 0 Å². The lowest BCUT2D eigenvalue weighted by Crippen LogP contribution is -2.15. The van der Waals surface area contributed by atoms with Gasteiger partial charge in [-0.05, 0) is 26.0 Å². The van der Waals surface area contributed by atoms with E-state index in [-0.39, 0.29) is 11.6 Å². The van der Waals surface area contributed by atoms with Crippen LogP contribution in [-0.4, -0.2) is 21.1 Å². The van der Waals surface area contributed by atoms with Gasteiger partial charge in [-0.15, -0.1) is 0 Å². The van der Waals surface area contributed by atoms with Crippen LogP contribution in [0.2, 0.25) is 0 Å². The van der Waals surface area contributed by atoms with Gasteiger partial charge in [-0.3, -0.25) is 14.9 Å². The molecule has 0 radical (unpaired) electrons. The SMILES string of the molecule is Cc1ncccc1NC(=O)c1n[nH]c(C)c1N. The molecule has 0 saturated carbocycles. The van der Waals surface area contributed by atoms with Crippen LogP contribution in [0.3, 0.4) is 0 Å². The molecule has 0 fully saturated rings. The zero-order valence-corrected chi connectivity index (χ0v) is 9.61. The summed E-state index contributed by atoms with van der Waals surface area (Å²) >= 11 is 0. The van der Waals surface area contributed by atoms with Gasteiger partial charge in [0.25, 0.3) is 5.91 Å². The highest BCUT2D eigenvalue weighted by molar-refractivity contribution is 6.06. The Kier molecular flexibility index (Phi) is 2.78. The first kappa shape index (κ1) is 11.1. The van der Waals surface area contributed by atoms with Crippen molar-refractivity contribution in [2.24, 2.45) is 0 Å². The zero-order valence-electron chi connectivity index (χ0n) is 9.61. The van der Waals surface area contributed by atoms with Crippen molar-refractivity contribution in [3.05, 3.63) is 35.4 Å². The number of aromatic amines is 1. The maximum absolute atomic E-state index is 11.9. The average molecular weight is 231 g/mol. The second-order valence-corrected chi connectivity index (χ2v) is 3.70. The molecule has 1 amide bonds. The second-order valence-electron chi connectivity index (χ2n) is 3.70. The number of nitrogens with zero attached hydrogens (tertiary/aromatic N) is 2. The number of carbonyl (C=O) groups is 1. The Morgan fingerprint density at radius 1 is 1.47 bits per heavy atom. The fourth-order valence-electron chi connectivity index (χ4n) is 1.41. The van der Waals surface area contributed by atoms with Crippen molar-refractivity contribution < 1.29 is 4.79 Å². The number of amides is 1. The molecule has 0 aromatic carbocycles. The number of nitrogens with one attached hydrogen (secondary N) is 2. The van der Waals surface area contributed by atoms with Crippen LogP contribution in [0.5, 0.6) is 0 Å². The van der Waals surface area contributed by atoms with Gasteiger partial charge < -0.3 is 11.1 Å². The molecule has 2 aromatic rings. The molecule has 2 rings (SSSR count). The van der Waals surface area contributed by atoms with E-state index in [9.17, 15) is 4.79 Å². The largest absolute Gasteiger partial charge is 0.395 e. The molecule has 0 aliphatic rings. The summed E-state index contributed by atoms with van der Waals surface area (Å²) in [6, 6.07) is 3.53. The number of hydrogen-bond donors (Lipinski definition) is 3. The number of carbonyl (C=O) groups excluding carboxylic acids is 1. The van der Waals surface area contributed by atoms with Crippen LogP contribution in [0.15, 0.2) is 18.3 Å². The summed E-state index contributed by atoms with van der Waals surface area (Å²) in [6.45, 7) is 3.57. The van der Waals surface area contributed by atoms with Gasteiger partial charge in [0.05, 0.1) is 22.8 Å². The van der Waals surface area contributed by atoms with Gasteiger partial charge in [-0.2, -0.15) is 5.10 Å². The zero-order chi connectivity index (χ0) is 12.4. The smallest absolute Gasteiger partial charge is 0.278 e. The minimum atomic E-state index is -0.344. The quantitative estimate of drug-likeness (QED) is 0.724. The van der Waals surface area contributed by atoms with E-state index in [1.165, 1.54) is 0 Å². The summed E-state index contributed by atoms with van der Waals surface area (Å²) in [5.74, 6) is -0.344. The lowest BCUT2D eigenvalue weighted by Gasteiger charge is -2.05. The lowest BCUT2D eigenvalue weighted by atomic mass is 10.2. The summed E-state index contributed by atoms with van der Waals surface area (Å²) in [7, 11) is 0. The first-order chi connectivity index (χ1) is 8.09. The highest BCUT2D eigenvalue weighted by Gasteiger charge is 2.15. The predicted molar refractivity (Wildman–Crippen MR) is 64.7 cm³/mol. The average Bonchev–Trinajstić information content (AvgIpc) is 2.63. The number of hydrogen-bond acceptors (Lipinski definition) is 4. The molecule has 0 unspecified atom stereocenters. The summed E-state index contributed by atoms with van der Waals surface area (Å²) in [4.78, 5) is 16.0. The van der Waals surface area contributed by atoms with E-state index in [1.807, 2.05) is 6.92 Å². The van der Waals surface area contributed by atoms with E-state index in [0.29, 0.717) is 17.1 Å². The molecule has 0 spiro atoms. The number of nitrogen functional groups attached to an aromatic ring is 1. The Morgan fingerprint density at radius 3 is 2.82 bits per heavy atom. The highest BCUT2D eigenvalue weighted by Crippen LogP contribution is 2.16. The number of rotatable bonds is 2. The molecule has 17 heavy (non-hydrogen) atoms. The van der Waals surface area contributed by atoms with Gasteiger partial charge in [-0.25, -0.2) is 0 Å². The van der Waals surface area contributed by atoms with E-state index in [2.05, 4.69) is 20.5 Å². The van der Waals surface area contributed by atoms with Crippen molar-refractivity contribution in [3.63, 3.8) is 0 Å². The maximum atomic E-state index is 11.9. The lowest BCUT2D eigenvalue weighted by molar-refractivity contribution is 0.102. The molecule has 2 aromatic heterocycles. The molecule has 6 nitrogen and oxygen atoms in total. The minimum Gasteiger partial charge on any atom is -0.395 e. The van der Waals surface area contributed by atoms with Crippen LogP contribution in [0, 0.1) is 13.8 Å². The van der Waals surface area contributed by atoms with Crippen molar-refractivity contribution >= 4 is 17.3 Å². The third kappa shape index (κ3) is 2.10. The summed E-state index contributed by atoms with van der Waals surface area (Å²) in [5, 5.41) is 9.24. The first-order valence-electron chi connectivity index (χ1n) is 5.13. The Balaban J connectivity index is 2.23. The van der Waals surface area contributed by atoms with Crippen molar-refractivity contribution in [3.8, 4) is 0 Å². The Morgan fingerprint density at radius 2 is 2.24 bits per heavy atom. The summed E-state index contributed by atoms with van der Waals surface area (Å²) in [6.07, 6.45) is 1.66. The van der Waals surface area contributed by atoms with Gasteiger partial charge in [0.15, 0.2) is 5.69 Å². The van der Waals surface area contributed by atoms with Gasteiger partial charge in [0.2, 0.25) is 0 Å². The number of nitrogens with two attached hydrogens (primary N) is 1.